The van der Waals surface area contributed by atoms with Crippen molar-refractivity contribution in [1.82, 2.24) is 24.6 Å². The molecule has 0 fully saturated rings. The fourth-order valence-corrected chi connectivity index (χ4v) is 4.68. The number of fused-ring (bicyclic) bond motifs is 2. The van der Waals surface area contributed by atoms with Crippen molar-refractivity contribution in [2.45, 2.75) is 32.0 Å². The minimum atomic E-state index is -1.41. The van der Waals surface area contributed by atoms with Gasteiger partial charge in [0.15, 0.2) is 0 Å². The Morgan fingerprint density at radius 1 is 0.833 bits per heavy atom. The Bertz CT molecular complexity index is 1220. The highest BCUT2D eigenvalue weighted by molar-refractivity contribution is 6.12. The van der Waals surface area contributed by atoms with E-state index in [1.54, 1.807) is 12.1 Å². The van der Waals surface area contributed by atoms with E-state index in [0.29, 0.717) is 23.6 Å². The Kier molecular flexibility index (Phi) is 11.5. The van der Waals surface area contributed by atoms with Crippen molar-refractivity contribution in [2.24, 2.45) is 0 Å². The molecule has 2 bridgehead atoms. The lowest BCUT2D eigenvalue weighted by molar-refractivity contribution is -0.150. The highest BCUT2D eigenvalue weighted by Crippen LogP contribution is 2.21. The van der Waals surface area contributed by atoms with Crippen LogP contribution in [0.15, 0.2) is 24.3 Å². The summed E-state index contributed by atoms with van der Waals surface area (Å²) in [5.41, 5.74) is 0.812. The summed E-state index contributed by atoms with van der Waals surface area (Å²) >= 11 is 0. The predicted molar refractivity (Wildman–Crippen MR) is 141 cm³/mol. The third-order valence-corrected chi connectivity index (χ3v) is 6.65. The number of pyridine rings is 1. The van der Waals surface area contributed by atoms with Crippen molar-refractivity contribution in [3.8, 4) is 5.75 Å². The minimum Gasteiger partial charge on any atom is -0.492 e. The summed E-state index contributed by atoms with van der Waals surface area (Å²) in [5, 5.41) is 38.0. The number of rotatable bonds is 13. The van der Waals surface area contributed by atoms with Crippen LogP contribution in [0.4, 0.5) is 0 Å². The van der Waals surface area contributed by atoms with Crippen LogP contribution >= 0.6 is 0 Å². The van der Waals surface area contributed by atoms with Gasteiger partial charge in [-0.1, -0.05) is 0 Å². The Morgan fingerprint density at radius 2 is 1.43 bits per heavy atom. The van der Waals surface area contributed by atoms with Gasteiger partial charge in [-0.25, -0.2) is 0 Å². The van der Waals surface area contributed by atoms with Gasteiger partial charge in [0.05, 0.1) is 37.5 Å². The summed E-state index contributed by atoms with van der Waals surface area (Å²) < 4.78 is 5.88. The number of imide groups is 1. The first kappa shape index (κ1) is 32.1. The molecule has 1 aromatic heterocycles. The monoisotopic (exact) mass is 591 g/mol. The van der Waals surface area contributed by atoms with Gasteiger partial charge in [-0.2, -0.15) is 0 Å². The smallest absolute Gasteiger partial charge is 0.321 e. The summed E-state index contributed by atoms with van der Waals surface area (Å²) in [6.07, 6.45) is 1.99. The van der Waals surface area contributed by atoms with Crippen LogP contribution < -0.4 is 4.74 Å². The highest BCUT2D eigenvalue weighted by Gasteiger charge is 2.30. The third-order valence-electron chi connectivity index (χ3n) is 6.65. The molecule has 0 radical (unpaired) electrons. The number of aliphatic carboxylic acids is 4. The fourth-order valence-electron chi connectivity index (χ4n) is 4.68. The van der Waals surface area contributed by atoms with Crippen LogP contribution in [-0.4, -0.2) is 139 Å². The van der Waals surface area contributed by atoms with E-state index in [2.05, 4.69) is 4.98 Å². The SMILES string of the molecule is O=C(O)CC(C(=O)O)N1CCN(CC(=O)O)Cc2ccc(OCCCN3C(=O)C=CC3=O)c(n2)CN(CC(=O)O)CC1. The maximum Gasteiger partial charge on any atom is 0.321 e. The lowest BCUT2D eigenvalue weighted by atomic mass is 10.1. The molecule has 2 amide bonds. The van der Waals surface area contributed by atoms with Crippen molar-refractivity contribution in [2.75, 3.05) is 52.4 Å². The maximum absolute atomic E-state index is 12.0. The van der Waals surface area contributed by atoms with E-state index in [1.807, 2.05) is 0 Å². The first-order valence-electron chi connectivity index (χ1n) is 13.1. The molecular formula is C26H33N5O11. The molecule has 0 saturated carbocycles. The highest BCUT2D eigenvalue weighted by atomic mass is 16.5. The minimum absolute atomic E-state index is 0.0136. The second-order valence-corrected chi connectivity index (χ2v) is 9.81. The van der Waals surface area contributed by atoms with E-state index in [-0.39, 0.29) is 59.0 Å². The number of carbonyl (C=O) groups is 6. The molecule has 228 valence electrons. The molecule has 0 aromatic carbocycles. The van der Waals surface area contributed by atoms with Crippen LogP contribution in [-0.2, 0) is 41.9 Å². The van der Waals surface area contributed by atoms with Crippen molar-refractivity contribution in [1.29, 1.82) is 0 Å². The standard InChI is InChI=1S/C26H33N5O11/c32-21-4-5-22(33)31(21)6-1-11-42-20-3-2-17-13-28(15-24(36)37)7-9-30(19(26(40)41)12-23(34)35)10-8-29(16-25(38)39)14-18(20)27-17/h2-5,19H,1,6-16H2,(H,34,35)(H,36,37)(H,38,39)(H,40,41). The Balaban J connectivity index is 1.85. The summed E-state index contributed by atoms with van der Waals surface area (Å²) in [5.74, 6) is -5.46. The molecule has 3 rings (SSSR count). The molecule has 2 aliphatic rings. The van der Waals surface area contributed by atoms with Gasteiger partial charge in [-0.05, 0) is 18.6 Å². The van der Waals surface area contributed by atoms with Crippen molar-refractivity contribution < 1.29 is 53.9 Å². The number of hydrogen-bond acceptors (Lipinski definition) is 11. The number of hydrogen-bond donors (Lipinski definition) is 4. The maximum atomic E-state index is 12.0. The predicted octanol–water partition coefficient (Wildman–Crippen LogP) is -1.21. The number of carboxylic acid groups (broad SMARTS) is 4. The largest absolute Gasteiger partial charge is 0.492 e. The van der Waals surface area contributed by atoms with Crippen LogP contribution in [0, 0.1) is 0 Å². The number of aromatic nitrogens is 1. The first-order valence-corrected chi connectivity index (χ1v) is 13.1. The molecule has 4 N–H and O–H groups in total. The van der Waals surface area contributed by atoms with Crippen LogP contribution in [0.1, 0.15) is 24.2 Å². The molecule has 3 heterocycles. The molecule has 16 nitrogen and oxygen atoms in total. The van der Waals surface area contributed by atoms with Crippen LogP contribution in [0.2, 0.25) is 0 Å². The van der Waals surface area contributed by atoms with Gasteiger partial charge in [0.1, 0.15) is 11.8 Å². The zero-order valence-electron chi connectivity index (χ0n) is 22.8. The molecule has 16 heteroatoms. The van der Waals surface area contributed by atoms with E-state index in [9.17, 15) is 49.2 Å². The number of carbonyl (C=O) groups excluding carboxylic acids is 2. The van der Waals surface area contributed by atoms with Crippen LogP contribution in [0.5, 0.6) is 5.75 Å². The van der Waals surface area contributed by atoms with Crippen molar-refractivity contribution in [3.05, 3.63) is 35.7 Å². The topological polar surface area (TPSA) is 218 Å². The normalized spacial score (nSPS) is 17.9. The molecule has 0 aliphatic carbocycles. The lowest BCUT2D eigenvalue weighted by Crippen LogP contribution is -2.49. The van der Waals surface area contributed by atoms with Crippen LogP contribution in [0.3, 0.4) is 0 Å². The summed E-state index contributed by atoms with van der Waals surface area (Å²) in [6, 6.07) is 1.85. The molecule has 0 spiro atoms. The zero-order valence-corrected chi connectivity index (χ0v) is 22.8. The van der Waals surface area contributed by atoms with E-state index >= 15 is 0 Å². The number of ether oxygens (including phenoxy) is 1. The Labute approximate surface area is 240 Å². The Hall–Kier alpha value is -4.41. The molecule has 0 saturated heterocycles. The van der Waals surface area contributed by atoms with Gasteiger partial charge in [0.25, 0.3) is 11.8 Å². The molecule has 42 heavy (non-hydrogen) atoms. The Morgan fingerprint density at radius 3 is 1.98 bits per heavy atom. The average Bonchev–Trinajstić information content (AvgIpc) is 3.21. The number of nitrogens with zero attached hydrogens (tertiary/aromatic N) is 5. The van der Waals surface area contributed by atoms with Crippen molar-refractivity contribution in [3.63, 3.8) is 0 Å². The third kappa shape index (κ3) is 9.60. The van der Waals surface area contributed by atoms with E-state index < -0.39 is 54.7 Å². The van der Waals surface area contributed by atoms with Crippen LogP contribution in [0.25, 0.3) is 0 Å². The molecular weight excluding hydrogens is 558 g/mol. The van der Waals surface area contributed by atoms with Gasteiger partial charge >= 0.3 is 23.9 Å². The second-order valence-electron chi connectivity index (χ2n) is 9.81. The number of carboxylic acids is 4. The van der Waals surface area contributed by atoms with Gasteiger partial charge in [0, 0.05) is 58.0 Å². The first-order chi connectivity index (χ1) is 19.9. The average molecular weight is 592 g/mol. The summed E-state index contributed by atoms with van der Waals surface area (Å²) in [6.45, 7) is -0.401. The van der Waals surface area contributed by atoms with Gasteiger partial charge in [0.2, 0.25) is 0 Å². The summed E-state index contributed by atoms with van der Waals surface area (Å²) in [7, 11) is 0. The molecule has 1 atom stereocenters. The lowest BCUT2D eigenvalue weighted by Gasteiger charge is -2.33. The second kappa shape index (κ2) is 15.0. The van der Waals surface area contributed by atoms with Gasteiger partial charge in [-0.15, -0.1) is 0 Å². The van der Waals surface area contributed by atoms with Crippen molar-refractivity contribution >= 4 is 35.7 Å². The van der Waals surface area contributed by atoms with E-state index in [1.165, 1.54) is 26.9 Å². The summed E-state index contributed by atoms with van der Waals surface area (Å²) in [4.78, 5) is 80.2. The zero-order chi connectivity index (χ0) is 30.8. The van der Waals surface area contributed by atoms with E-state index in [4.69, 9.17) is 4.74 Å². The molecule has 1 aromatic rings. The quantitative estimate of drug-likeness (QED) is 0.156. The van der Waals surface area contributed by atoms with Gasteiger partial charge < -0.3 is 25.2 Å². The van der Waals surface area contributed by atoms with Gasteiger partial charge in [-0.3, -0.25) is 53.4 Å². The molecule has 1 unspecified atom stereocenters. The fraction of sp³-hybridized carbons (Fsp3) is 0.500. The molecule has 2 aliphatic heterocycles. The number of amides is 2. The van der Waals surface area contributed by atoms with E-state index in [0.717, 1.165) is 4.90 Å².